The summed E-state index contributed by atoms with van der Waals surface area (Å²) in [5.41, 5.74) is 3.36. The van der Waals surface area contributed by atoms with Crippen molar-refractivity contribution in [2.45, 2.75) is 13.3 Å². The van der Waals surface area contributed by atoms with Crippen LogP contribution >= 0.6 is 0 Å². The lowest BCUT2D eigenvalue weighted by Gasteiger charge is -1.94. The number of nitrogens with one attached hydrogen (secondary N) is 2. The Morgan fingerprint density at radius 2 is 1.78 bits per heavy atom. The van der Waals surface area contributed by atoms with E-state index >= 15 is 0 Å². The zero-order chi connectivity index (χ0) is 12.4. The summed E-state index contributed by atoms with van der Waals surface area (Å²) in [6, 6.07) is 14.1. The lowest BCUT2D eigenvalue weighted by molar-refractivity contribution is 0.946. The van der Waals surface area contributed by atoms with Gasteiger partial charge in [0.05, 0.1) is 0 Å². The number of benzene rings is 1. The first-order valence-corrected chi connectivity index (χ1v) is 5.93. The van der Waals surface area contributed by atoms with E-state index < -0.39 is 0 Å². The summed E-state index contributed by atoms with van der Waals surface area (Å²) >= 11 is 0. The fourth-order valence-electron chi connectivity index (χ4n) is 1.95. The lowest BCUT2D eigenvalue weighted by atomic mass is 10.2. The minimum atomic E-state index is 0.744. The van der Waals surface area contributed by atoms with Crippen LogP contribution in [-0.4, -0.2) is 20.2 Å². The van der Waals surface area contributed by atoms with Crippen LogP contribution in [0.1, 0.15) is 17.2 Å². The van der Waals surface area contributed by atoms with E-state index in [9.17, 15) is 0 Å². The molecule has 2 aromatic heterocycles. The van der Waals surface area contributed by atoms with Crippen LogP contribution < -0.4 is 0 Å². The number of aryl methyl sites for hydroxylation is 1. The number of rotatable bonds is 3. The molecule has 4 nitrogen and oxygen atoms in total. The molecular weight excluding hydrogens is 224 g/mol. The van der Waals surface area contributed by atoms with E-state index in [1.165, 1.54) is 0 Å². The van der Waals surface area contributed by atoms with Gasteiger partial charge in [-0.25, -0.2) is 0 Å². The highest BCUT2D eigenvalue weighted by Crippen LogP contribution is 2.14. The molecule has 2 N–H and O–H groups in total. The van der Waals surface area contributed by atoms with Crippen LogP contribution in [0.25, 0.3) is 11.4 Å². The Hall–Kier alpha value is -2.36. The Balaban J connectivity index is 1.82. The lowest BCUT2D eigenvalue weighted by Crippen LogP contribution is -1.91. The number of nitrogens with zero attached hydrogens (tertiary/aromatic N) is 2. The SMILES string of the molecule is Cc1ccc(Cc2nnc(-c3ccccc3)[nH]2)[nH]1. The van der Waals surface area contributed by atoms with Gasteiger partial charge in [-0.05, 0) is 19.1 Å². The van der Waals surface area contributed by atoms with E-state index in [1.807, 2.05) is 37.3 Å². The maximum atomic E-state index is 4.17. The number of hydrogen-bond donors (Lipinski definition) is 2. The molecule has 0 fully saturated rings. The van der Waals surface area contributed by atoms with E-state index in [0.717, 1.165) is 35.0 Å². The van der Waals surface area contributed by atoms with Crippen molar-refractivity contribution in [2.24, 2.45) is 0 Å². The van der Waals surface area contributed by atoms with Gasteiger partial charge in [0, 0.05) is 23.4 Å². The van der Waals surface area contributed by atoms with Crippen molar-refractivity contribution in [3.05, 3.63) is 59.7 Å². The molecule has 0 saturated heterocycles. The Labute approximate surface area is 105 Å². The van der Waals surface area contributed by atoms with Gasteiger partial charge in [0.25, 0.3) is 0 Å². The Kier molecular flexibility index (Phi) is 2.68. The summed E-state index contributed by atoms with van der Waals surface area (Å²) in [5.74, 6) is 1.68. The summed E-state index contributed by atoms with van der Waals surface area (Å²) in [5, 5.41) is 8.34. The second kappa shape index (κ2) is 4.49. The van der Waals surface area contributed by atoms with Gasteiger partial charge < -0.3 is 9.97 Å². The monoisotopic (exact) mass is 238 g/mol. The maximum Gasteiger partial charge on any atom is 0.161 e. The van der Waals surface area contributed by atoms with Gasteiger partial charge in [-0.15, -0.1) is 10.2 Å². The number of H-pyrrole nitrogens is 2. The number of hydrogen-bond acceptors (Lipinski definition) is 2. The largest absolute Gasteiger partial charge is 0.362 e. The van der Waals surface area contributed by atoms with Gasteiger partial charge in [0.1, 0.15) is 5.82 Å². The third-order valence-electron chi connectivity index (χ3n) is 2.83. The summed E-state index contributed by atoms with van der Waals surface area (Å²) < 4.78 is 0. The van der Waals surface area contributed by atoms with E-state index in [-0.39, 0.29) is 0 Å². The molecule has 0 aliphatic carbocycles. The molecule has 0 saturated carbocycles. The van der Waals surface area contributed by atoms with Crippen LogP contribution in [0.15, 0.2) is 42.5 Å². The first kappa shape index (κ1) is 10.8. The normalized spacial score (nSPS) is 10.7. The van der Waals surface area contributed by atoms with E-state index in [0.29, 0.717) is 0 Å². The highest BCUT2D eigenvalue weighted by molar-refractivity contribution is 5.53. The molecule has 0 atom stereocenters. The predicted octanol–water partition coefficient (Wildman–Crippen LogP) is 2.70. The Morgan fingerprint density at radius 1 is 0.944 bits per heavy atom. The molecule has 1 aromatic carbocycles. The number of aromatic amines is 2. The maximum absolute atomic E-state index is 4.17. The highest BCUT2D eigenvalue weighted by atomic mass is 15.2. The van der Waals surface area contributed by atoms with Crippen molar-refractivity contribution in [1.29, 1.82) is 0 Å². The van der Waals surface area contributed by atoms with Crippen molar-refractivity contribution in [3.8, 4) is 11.4 Å². The minimum absolute atomic E-state index is 0.744. The molecule has 3 rings (SSSR count). The topological polar surface area (TPSA) is 57.4 Å². The average Bonchev–Trinajstić information content (AvgIpc) is 3.01. The van der Waals surface area contributed by atoms with E-state index in [2.05, 4.69) is 32.3 Å². The molecule has 0 aliphatic rings. The third-order valence-corrected chi connectivity index (χ3v) is 2.83. The van der Waals surface area contributed by atoms with Gasteiger partial charge in [-0.2, -0.15) is 0 Å². The van der Waals surface area contributed by atoms with Gasteiger partial charge in [0.2, 0.25) is 0 Å². The van der Waals surface area contributed by atoms with Crippen LogP contribution in [0.2, 0.25) is 0 Å². The predicted molar refractivity (Wildman–Crippen MR) is 70.2 cm³/mol. The molecule has 0 radical (unpaired) electrons. The Morgan fingerprint density at radius 3 is 2.50 bits per heavy atom. The summed E-state index contributed by atoms with van der Waals surface area (Å²) in [7, 11) is 0. The second-order valence-corrected chi connectivity index (χ2v) is 4.33. The molecule has 18 heavy (non-hydrogen) atoms. The van der Waals surface area contributed by atoms with Crippen molar-refractivity contribution < 1.29 is 0 Å². The van der Waals surface area contributed by atoms with Crippen LogP contribution in [0.5, 0.6) is 0 Å². The molecule has 0 unspecified atom stereocenters. The summed E-state index contributed by atoms with van der Waals surface area (Å²) in [6.07, 6.45) is 0.744. The molecule has 0 bridgehead atoms. The smallest absolute Gasteiger partial charge is 0.161 e. The minimum Gasteiger partial charge on any atom is -0.362 e. The van der Waals surface area contributed by atoms with Crippen molar-refractivity contribution >= 4 is 0 Å². The summed E-state index contributed by atoms with van der Waals surface area (Å²) in [4.78, 5) is 6.53. The molecule has 4 heteroatoms. The summed E-state index contributed by atoms with van der Waals surface area (Å²) in [6.45, 7) is 2.04. The molecule has 3 aromatic rings. The van der Waals surface area contributed by atoms with Crippen LogP contribution in [-0.2, 0) is 6.42 Å². The quantitative estimate of drug-likeness (QED) is 0.737. The van der Waals surface area contributed by atoms with Crippen molar-refractivity contribution in [1.82, 2.24) is 20.2 Å². The molecular formula is C14H14N4. The zero-order valence-electron chi connectivity index (χ0n) is 10.1. The van der Waals surface area contributed by atoms with Crippen molar-refractivity contribution in [3.63, 3.8) is 0 Å². The van der Waals surface area contributed by atoms with Gasteiger partial charge in [0.15, 0.2) is 5.82 Å². The second-order valence-electron chi connectivity index (χ2n) is 4.33. The van der Waals surface area contributed by atoms with Crippen LogP contribution in [0, 0.1) is 6.92 Å². The molecule has 90 valence electrons. The fourth-order valence-corrected chi connectivity index (χ4v) is 1.95. The van der Waals surface area contributed by atoms with Crippen LogP contribution in [0.4, 0.5) is 0 Å². The molecule has 0 aliphatic heterocycles. The molecule has 2 heterocycles. The average molecular weight is 238 g/mol. The third kappa shape index (κ3) is 2.18. The van der Waals surface area contributed by atoms with Gasteiger partial charge in [-0.3, -0.25) is 0 Å². The standard InChI is InChI=1S/C14H14N4/c1-10-7-8-12(15-10)9-13-16-14(18-17-13)11-5-3-2-4-6-11/h2-8,15H,9H2,1H3,(H,16,17,18). The highest BCUT2D eigenvalue weighted by Gasteiger charge is 2.06. The number of aromatic nitrogens is 4. The molecule has 0 spiro atoms. The van der Waals surface area contributed by atoms with Crippen LogP contribution in [0.3, 0.4) is 0 Å². The first-order chi connectivity index (χ1) is 8.81. The van der Waals surface area contributed by atoms with Crippen molar-refractivity contribution in [2.75, 3.05) is 0 Å². The molecule has 0 amide bonds. The zero-order valence-corrected chi connectivity index (χ0v) is 10.1. The Bertz CT molecular complexity index is 637. The van der Waals surface area contributed by atoms with Gasteiger partial charge >= 0.3 is 0 Å². The van der Waals surface area contributed by atoms with Gasteiger partial charge in [-0.1, -0.05) is 30.3 Å². The van der Waals surface area contributed by atoms with E-state index in [1.54, 1.807) is 0 Å². The first-order valence-electron chi connectivity index (χ1n) is 5.93. The van der Waals surface area contributed by atoms with E-state index in [4.69, 9.17) is 0 Å². The fraction of sp³-hybridized carbons (Fsp3) is 0.143.